The second kappa shape index (κ2) is 7.31. The lowest BCUT2D eigenvalue weighted by molar-refractivity contribution is 0.0599. The molecule has 28 heavy (non-hydrogen) atoms. The highest BCUT2D eigenvalue weighted by Gasteiger charge is 2.30. The van der Waals surface area contributed by atoms with Crippen LogP contribution in [0.4, 0.5) is 0 Å². The molecule has 2 aromatic carbocycles. The summed E-state index contributed by atoms with van der Waals surface area (Å²) in [7, 11) is 3.23. The summed E-state index contributed by atoms with van der Waals surface area (Å²) < 4.78 is 6.50. The number of esters is 1. The molecule has 1 aromatic heterocycles. The largest absolute Gasteiger partial charge is 0.465 e. The molecule has 0 bridgehead atoms. The zero-order valence-corrected chi connectivity index (χ0v) is 15.8. The van der Waals surface area contributed by atoms with Crippen molar-refractivity contribution in [2.24, 2.45) is 7.05 Å². The third kappa shape index (κ3) is 3.29. The van der Waals surface area contributed by atoms with Crippen molar-refractivity contribution in [3.05, 3.63) is 88.7 Å². The molecule has 2 heterocycles. The maximum atomic E-state index is 13.1. The molecule has 1 atom stereocenters. The minimum absolute atomic E-state index is 0.0557. The summed E-state index contributed by atoms with van der Waals surface area (Å²) in [5.41, 5.74) is 4.45. The number of aromatic nitrogens is 2. The van der Waals surface area contributed by atoms with Crippen molar-refractivity contribution in [2.45, 2.75) is 12.5 Å². The summed E-state index contributed by atoms with van der Waals surface area (Å²) in [6.07, 6.45) is 3.86. The predicted octanol–water partition coefficient (Wildman–Crippen LogP) is 2.99. The summed E-state index contributed by atoms with van der Waals surface area (Å²) in [5, 5.41) is 4.30. The number of fused-ring (bicyclic) bond motifs is 1. The average molecular weight is 375 g/mol. The van der Waals surface area contributed by atoms with Crippen LogP contribution in [0.25, 0.3) is 0 Å². The number of amides is 1. The molecule has 1 amide bonds. The molecule has 0 saturated carbocycles. The van der Waals surface area contributed by atoms with E-state index < -0.39 is 5.97 Å². The van der Waals surface area contributed by atoms with Crippen LogP contribution in [0.1, 0.15) is 43.3 Å². The number of aryl methyl sites for hydroxylation is 1. The van der Waals surface area contributed by atoms with Crippen molar-refractivity contribution in [2.75, 3.05) is 13.7 Å². The second-order valence-corrected chi connectivity index (χ2v) is 6.95. The van der Waals surface area contributed by atoms with Crippen molar-refractivity contribution in [3.63, 3.8) is 0 Å². The fraction of sp³-hybridized carbons (Fsp3) is 0.227. The Kier molecular flexibility index (Phi) is 4.69. The normalized spacial score (nSPS) is 15.8. The van der Waals surface area contributed by atoms with Crippen LogP contribution in [0.15, 0.2) is 60.9 Å². The second-order valence-electron chi connectivity index (χ2n) is 6.95. The van der Waals surface area contributed by atoms with Crippen LogP contribution >= 0.6 is 0 Å². The topological polar surface area (TPSA) is 64.4 Å². The molecule has 1 aliphatic rings. The highest BCUT2D eigenvalue weighted by Crippen LogP contribution is 2.33. The number of hydrogen-bond acceptors (Lipinski definition) is 4. The van der Waals surface area contributed by atoms with E-state index in [2.05, 4.69) is 17.2 Å². The first kappa shape index (κ1) is 18.0. The molecule has 0 N–H and O–H groups in total. The number of carbonyl (C=O) groups is 2. The van der Waals surface area contributed by atoms with E-state index in [1.807, 2.05) is 36.5 Å². The molecule has 3 aromatic rings. The highest BCUT2D eigenvalue weighted by molar-refractivity contribution is 5.96. The van der Waals surface area contributed by atoms with E-state index in [0.717, 1.165) is 11.1 Å². The molecule has 0 aliphatic carbocycles. The first-order chi connectivity index (χ1) is 13.6. The smallest absolute Gasteiger partial charge is 0.337 e. The lowest BCUT2D eigenvalue weighted by Crippen LogP contribution is -2.38. The summed E-state index contributed by atoms with van der Waals surface area (Å²) >= 11 is 0. The molecular weight excluding hydrogens is 354 g/mol. The van der Waals surface area contributed by atoms with Gasteiger partial charge in [0.2, 0.25) is 0 Å². The van der Waals surface area contributed by atoms with Gasteiger partial charge in [-0.1, -0.05) is 24.3 Å². The van der Waals surface area contributed by atoms with Gasteiger partial charge in [-0.25, -0.2) is 4.79 Å². The van der Waals surface area contributed by atoms with Crippen LogP contribution in [0.2, 0.25) is 0 Å². The standard InChI is InChI=1S/C22H21N3O3/c1-24-12-18(11-23-24)20-14-25(13-17-5-3-4-6-19(17)20)21(26)15-7-9-16(10-8-15)22(27)28-2/h3-12,20H,13-14H2,1-2H3. The van der Waals surface area contributed by atoms with Crippen LogP contribution < -0.4 is 0 Å². The number of carbonyl (C=O) groups excluding carboxylic acids is 2. The molecule has 0 radical (unpaired) electrons. The lowest BCUT2D eigenvalue weighted by atomic mass is 9.86. The molecule has 142 valence electrons. The first-order valence-electron chi connectivity index (χ1n) is 9.11. The van der Waals surface area contributed by atoms with Gasteiger partial charge in [-0.2, -0.15) is 5.10 Å². The Morgan fingerprint density at radius 3 is 2.46 bits per heavy atom. The third-order valence-electron chi connectivity index (χ3n) is 5.16. The van der Waals surface area contributed by atoms with Crippen molar-refractivity contribution in [1.82, 2.24) is 14.7 Å². The fourth-order valence-corrected chi connectivity index (χ4v) is 3.72. The molecule has 0 fully saturated rings. The summed E-state index contributed by atoms with van der Waals surface area (Å²) in [6.45, 7) is 1.14. The number of ether oxygens (including phenoxy) is 1. The van der Waals surface area contributed by atoms with Gasteiger partial charge in [0.05, 0.1) is 18.9 Å². The quantitative estimate of drug-likeness (QED) is 0.660. The third-order valence-corrected chi connectivity index (χ3v) is 5.16. The molecule has 6 heteroatoms. The predicted molar refractivity (Wildman–Crippen MR) is 104 cm³/mol. The van der Waals surface area contributed by atoms with E-state index in [9.17, 15) is 9.59 Å². The van der Waals surface area contributed by atoms with Gasteiger partial charge >= 0.3 is 5.97 Å². The van der Waals surface area contributed by atoms with E-state index in [1.54, 1.807) is 28.9 Å². The molecule has 1 unspecified atom stereocenters. The summed E-state index contributed by atoms with van der Waals surface area (Å²) in [5.74, 6) is -0.390. The number of rotatable bonds is 3. The van der Waals surface area contributed by atoms with Gasteiger partial charge in [0, 0.05) is 37.8 Å². The molecule has 6 nitrogen and oxygen atoms in total. The Morgan fingerprint density at radius 2 is 1.79 bits per heavy atom. The summed E-state index contributed by atoms with van der Waals surface area (Å²) in [4.78, 5) is 26.6. The van der Waals surface area contributed by atoms with Crippen LogP contribution in [0.5, 0.6) is 0 Å². The number of nitrogens with zero attached hydrogens (tertiary/aromatic N) is 3. The Balaban J connectivity index is 1.63. The van der Waals surface area contributed by atoms with Gasteiger partial charge in [0.15, 0.2) is 0 Å². The maximum absolute atomic E-state index is 13.1. The van der Waals surface area contributed by atoms with Gasteiger partial charge in [0.25, 0.3) is 5.91 Å². The Hall–Kier alpha value is -3.41. The first-order valence-corrected chi connectivity index (χ1v) is 9.11. The maximum Gasteiger partial charge on any atom is 0.337 e. The minimum Gasteiger partial charge on any atom is -0.465 e. The van der Waals surface area contributed by atoms with Crippen molar-refractivity contribution < 1.29 is 14.3 Å². The van der Waals surface area contributed by atoms with Gasteiger partial charge in [-0.15, -0.1) is 0 Å². The fourth-order valence-electron chi connectivity index (χ4n) is 3.72. The van der Waals surface area contributed by atoms with Gasteiger partial charge in [-0.05, 0) is 41.0 Å². The molecular formula is C22H21N3O3. The number of methoxy groups -OCH3 is 1. The Morgan fingerprint density at radius 1 is 1.07 bits per heavy atom. The van der Waals surface area contributed by atoms with E-state index in [4.69, 9.17) is 4.74 Å². The monoisotopic (exact) mass is 375 g/mol. The van der Waals surface area contributed by atoms with Crippen LogP contribution in [0, 0.1) is 0 Å². The van der Waals surface area contributed by atoms with Crippen molar-refractivity contribution >= 4 is 11.9 Å². The van der Waals surface area contributed by atoms with E-state index in [0.29, 0.717) is 24.2 Å². The van der Waals surface area contributed by atoms with E-state index >= 15 is 0 Å². The van der Waals surface area contributed by atoms with Crippen LogP contribution in [-0.4, -0.2) is 40.2 Å². The lowest BCUT2D eigenvalue weighted by Gasteiger charge is -2.34. The summed E-state index contributed by atoms with van der Waals surface area (Å²) in [6, 6.07) is 14.8. The van der Waals surface area contributed by atoms with Gasteiger partial charge in [0.1, 0.15) is 0 Å². The zero-order chi connectivity index (χ0) is 19.7. The van der Waals surface area contributed by atoms with E-state index in [-0.39, 0.29) is 11.8 Å². The Labute approximate surface area is 163 Å². The molecule has 1 aliphatic heterocycles. The molecule has 4 rings (SSSR count). The zero-order valence-electron chi connectivity index (χ0n) is 15.8. The molecule has 0 spiro atoms. The number of benzene rings is 2. The average Bonchev–Trinajstić information content (AvgIpc) is 3.18. The number of hydrogen-bond donors (Lipinski definition) is 0. The van der Waals surface area contributed by atoms with Gasteiger partial charge < -0.3 is 9.64 Å². The van der Waals surface area contributed by atoms with Crippen molar-refractivity contribution in [3.8, 4) is 0 Å². The van der Waals surface area contributed by atoms with Crippen molar-refractivity contribution in [1.29, 1.82) is 0 Å². The SMILES string of the molecule is COC(=O)c1ccc(C(=O)N2Cc3ccccc3C(c3cnn(C)c3)C2)cc1. The molecule has 0 saturated heterocycles. The highest BCUT2D eigenvalue weighted by atomic mass is 16.5. The van der Waals surface area contributed by atoms with Crippen LogP contribution in [0.3, 0.4) is 0 Å². The minimum atomic E-state index is -0.414. The van der Waals surface area contributed by atoms with Crippen LogP contribution in [-0.2, 0) is 18.3 Å². The van der Waals surface area contributed by atoms with Gasteiger partial charge in [-0.3, -0.25) is 9.48 Å². The van der Waals surface area contributed by atoms with E-state index in [1.165, 1.54) is 12.7 Å². The Bertz CT molecular complexity index is 1020.